The lowest BCUT2D eigenvalue weighted by molar-refractivity contribution is 0.0500. The summed E-state index contributed by atoms with van der Waals surface area (Å²) in [5, 5.41) is 15.4. The Labute approximate surface area is 109 Å². The minimum atomic E-state index is -0.697. The SMILES string of the molecule is C=CCCOCCNC(=O)NCC1(O)CCCC1. The van der Waals surface area contributed by atoms with Gasteiger partial charge in [0.1, 0.15) is 0 Å². The topological polar surface area (TPSA) is 70.6 Å². The van der Waals surface area contributed by atoms with Crippen LogP contribution in [0.3, 0.4) is 0 Å². The zero-order chi connectivity index (χ0) is 13.3. The predicted octanol–water partition coefficient (Wildman–Crippen LogP) is 1.18. The van der Waals surface area contributed by atoms with Crippen molar-refractivity contribution in [2.24, 2.45) is 0 Å². The molecule has 0 unspecified atom stereocenters. The molecule has 1 rings (SSSR count). The molecule has 2 amide bonds. The number of rotatable bonds is 8. The third kappa shape index (κ3) is 6.02. The van der Waals surface area contributed by atoms with E-state index in [0.717, 1.165) is 32.1 Å². The Morgan fingerprint density at radius 1 is 1.33 bits per heavy atom. The molecule has 1 saturated carbocycles. The smallest absolute Gasteiger partial charge is 0.314 e. The number of carbonyl (C=O) groups is 1. The molecule has 3 N–H and O–H groups in total. The molecule has 0 radical (unpaired) electrons. The summed E-state index contributed by atoms with van der Waals surface area (Å²) in [6, 6.07) is -0.248. The normalized spacial score (nSPS) is 17.4. The molecule has 1 fully saturated rings. The number of hydrogen-bond donors (Lipinski definition) is 3. The molecular formula is C13H24N2O3. The predicted molar refractivity (Wildman–Crippen MR) is 70.5 cm³/mol. The molecule has 104 valence electrons. The van der Waals surface area contributed by atoms with Crippen molar-refractivity contribution in [3.8, 4) is 0 Å². The van der Waals surface area contributed by atoms with E-state index in [9.17, 15) is 9.90 Å². The van der Waals surface area contributed by atoms with Gasteiger partial charge in [-0.25, -0.2) is 4.79 Å². The van der Waals surface area contributed by atoms with Gasteiger partial charge in [0.25, 0.3) is 0 Å². The van der Waals surface area contributed by atoms with E-state index in [2.05, 4.69) is 17.2 Å². The second kappa shape index (κ2) is 8.11. The molecule has 1 aliphatic carbocycles. The standard InChI is InChI=1S/C13H24N2O3/c1-2-3-9-18-10-8-14-12(16)15-11-13(17)6-4-5-7-13/h2,17H,1,3-11H2,(H2,14,15,16). The maximum Gasteiger partial charge on any atom is 0.314 e. The Balaban J connectivity index is 1.98. The number of nitrogens with one attached hydrogen (secondary N) is 2. The van der Waals surface area contributed by atoms with Crippen LogP contribution < -0.4 is 10.6 Å². The molecule has 18 heavy (non-hydrogen) atoms. The zero-order valence-electron chi connectivity index (χ0n) is 10.9. The first-order chi connectivity index (χ1) is 8.66. The van der Waals surface area contributed by atoms with E-state index < -0.39 is 5.60 Å². The Morgan fingerprint density at radius 3 is 2.72 bits per heavy atom. The van der Waals surface area contributed by atoms with Crippen LogP contribution in [0.1, 0.15) is 32.1 Å². The monoisotopic (exact) mass is 256 g/mol. The molecule has 0 aliphatic heterocycles. The van der Waals surface area contributed by atoms with Crippen molar-refractivity contribution in [1.82, 2.24) is 10.6 Å². The molecule has 0 heterocycles. The maximum absolute atomic E-state index is 11.4. The van der Waals surface area contributed by atoms with Gasteiger partial charge in [0.2, 0.25) is 0 Å². The Bertz CT molecular complexity index is 263. The lowest BCUT2D eigenvalue weighted by atomic mass is 10.0. The zero-order valence-corrected chi connectivity index (χ0v) is 10.9. The van der Waals surface area contributed by atoms with Crippen molar-refractivity contribution in [2.45, 2.75) is 37.7 Å². The molecule has 0 atom stereocenters. The van der Waals surface area contributed by atoms with Gasteiger partial charge in [0, 0.05) is 13.1 Å². The Kier molecular flexibility index (Phi) is 6.75. The van der Waals surface area contributed by atoms with Crippen molar-refractivity contribution in [3.63, 3.8) is 0 Å². The maximum atomic E-state index is 11.4. The highest BCUT2D eigenvalue weighted by molar-refractivity contribution is 5.73. The van der Waals surface area contributed by atoms with Gasteiger partial charge in [-0.2, -0.15) is 0 Å². The molecule has 0 aromatic heterocycles. The lowest BCUT2D eigenvalue weighted by Crippen LogP contribution is -2.45. The second-order valence-corrected chi connectivity index (χ2v) is 4.73. The average molecular weight is 256 g/mol. The summed E-state index contributed by atoms with van der Waals surface area (Å²) in [4.78, 5) is 11.4. The lowest BCUT2D eigenvalue weighted by Gasteiger charge is -2.22. The summed E-state index contributed by atoms with van der Waals surface area (Å²) >= 11 is 0. The van der Waals surface area contributed by atoms with Crippen LogP contribution in [0, 0.1) is 0 Å². The van der Waals surface area contributed by atoms with Crippen LogP contribution in [0.2, 0.25) is 0 Å². The van der Waals surface area contributed by atoms with Crippen LogP contribution in [0.5, 0.6) is 0 Å². The van der Waals surface area contributed by atoms with Crippen LogP contribution in [-0.4, -0.2) is 43.0 Å². The summed E-state index contributed by atoms with van der Waals surface area (Å²) in [5.74, 6) is 0. The highest BCUT2D eigenvalue weighted by Gasteiger charge is 2.31. The van der Waals surface area contributed by atoms with Gasteiger partial charge in [0.15, 0.2) is 0 Å². The Morgan fingerprint density at radius 2 is 2.06 bits per heavy atom. The number of carbonyl (C=O) groups excluding carboxylic acids is 1. The largest absolute Gasteiger partial charge is 0.388 e. The van der Waals surface area contributed by atoms with Crippen LogP contribution in [0.4, 0.5) is 4.79 Å². The first kappa shape index (κ1) is 15.0. The summed E-state index contributed by atoms with van der Waals surface area (Å²) in [5.41, 5.74) is -0.697. The van der Waals surface area contributed by atoms with E-state index in [0.29, 0.717) is 26.3 Å². The third-order valence-corrected chi connectivity index (χ3v) is 3.11. The van der Waals surface area contributed by atoms with Gasteiger partial charge in [-0.3, -0.25) is 0 Å². The van der Waals surface area contributed by atoms with Crippen LogP contribution in [-0.2, 0) is 4.74 Å². The molecule has 1 aliphatic rings. The fourth-order valence-electron chi connectivity index (χ4n) is 2.02. The molecule has 0 spiro atoms. The first-order valence-electron chi connectivity index (χ1n) is 6.59. The van der Waals surface area contributed by atoms with Crippen LogP contribution in [0.15, 0.2) is 12.7 Å². The molecule has 5 heteroatoms. The van der Waals surface area contributed by atoms with Gasteiger partial charge in [-0.15, -0.1) is 6.58 Å². The molecule has 5 nitrogen and oxygen atoms in total. The number of amides is 2. The van der Waals surface area contributed by atoms with Crippen molar-refractivity contribution >= 4 is 6.03 Å². The van der Waals surface area contributed by atoms with E-state index in [4.69, 9.17) is 4.74 Å². The number of ether oxygens (including phenoxy) is 1. The van der Waals surface area contributed by atoms with Gasteiger partial charge >= 0.3 is 6.03 Å². The van der Waals surface area contributed by atoms with E-state index in [1.165, 1.54) is 0 Å². The van der Waals surface area contributed by atoms with E-state index in [1.54, 1.807) is 6.08 Å². The summed E-state index contributed by atoms with van der Waals surface area (Å²) in [6.45, 7) is 5.52. The molecule has 0 saturated heterocycles. The summed E-state index contributed by atoms with van der Waals surface area (Å²) < 4.78 is 5.26. The van der Waals surface area contributed by atoms with Crippen molar-refractivity contribution < 1.29 is 14.6 Å². The third-order valence-electron chi connectivity index (χ3n) is 3.11. The van der Waals surface area contributed by atoms with Gasteiger partial charge in [-0.05, 0) is 19.3 Å². The van der Waals surface area contributed by atoms with Gasteiger partial charge in [-0.1, -0.05) is 18.9 Å². The van der Waals surface area contributed by atoms with E-state index in [-0.39, 0.29) is 6.03 Å². The first-order valence-corrected chi connectivity index (χ1v) is 6.59. The fourth-order valence-corrected chi connectivity index (χ4v) is 2.02. The van der Waals surface area contributed by atoms with Gasteiger partial charge < -0.3 is 20.5 Å². The second-order valence-electron chi connectivity index (χ2n) is 4.73. The number of hydrogen-bond acceptors (Lipinski definition) is 3. The van der Waals surface area contributed by atoms with E-state index in [1.807, 2.05) is 0 Å². The quantitative estimate of drug-likeness (QED) is 0.451. The Hall–Kier alpha value is -1.07. The molecule has 0 bridgehead atoms. The van der Waals surface area contributed by atoms with Crippen molar-refractivity contribution in [1.29, 1.82) is 0 Å². The highest BCUT2D eigenvalue weighted by atomic mass is 16.5. The minimum Gasteiger partial charge on any atom is -0.388 e. The summed E-state index contributed by atoms with van der Waals surface area (Å²) in [6.07, 6.45) is 6.24. The van der Waals surface area contributed by atoms with E-state index >= 15 is 0 Å². The minimum absolute atomic E-state index is 0.248. The van der Waals surface area contributed by atoms with Crippen LogP contribution >= 0.6 is 0 Å². The molecule has 0 aromatic rings. The van der Waals surface area contributed by atoms with Crippen LogP contribution in [0.25, 0.3) is 0 Å². The highest BCUT2D eigenvalue weighted by Crippen LogP contribution is 2.28. The summed E-state index contributed by atoms with van der Waals surface area (Å²) in [7, 11) is 0. The molecule has 0 aromatic carbocycles. The fraction of sp³-hybridized carbons (Fsp3) is 0.769. The number of urea groups is 1. The van der Waals surface area contributed by atoms with Gasteiger partial charge in [0.05, 0.1) is 18.8 Å². The number of aliphatic hydroxyl groups is 1. The van der Waals surface area contributed by atoms with Crippen molar-refractivity contribution in [2.75, 3.05) is 26.3 Å². The average Bonchev–Trinajstić information content (AvgIpc) is 2.79. The van der Waals surface area contributed by atoms with Crippen molar-refractivity contribution in [3.05, 3.63) is 12.7 Å². The molecular weight excluding hydrogens is 232 g/mol.